The van der Waals surface area contributed by atoms with Gasteiger partial charge >= 0.3 is 6.03 Å². The van der Waals surface area contributed by atoms with Gasteiger partial charge in [-0.15, -0.1) is 0 Å². The van der Waals surface area contributed by atoms with Gasteiger partial charge in [0.2, 0.25) is 10.0 Å². The third-order valence-corrected chi connectivity index (χ3v) is 6.26. The number of nitrogens with one attached hydrogen (secondary N) is 2. The zero-order chi connectivity index (χ0) is 18.0. The van der Waals surface area contributed by atoms with Crippen LogP contribution in [0.3, 0.4) is 0 Å². The first-order valence-electron chi connectivity index (χ1n) is 7.92. The van der Waals surface area contributed by atoms with E-state index in [0.29, 0.717) is 31.6 Å². The molecule has 0 saturated carbocycles. The number of carbonyl (C=O) groups excluding carboxylic acids is 1. The van der Waals surface area contributed by atoms with Crippen LogP contribution in [0.2, 0.25) is 0 Å². The fraction of sp³-hybridized carbons (Fsp3) is 0.562. The van der Waals surface area contributed by atoms with Crippen molar-refractivity contribution in [1.29, 1.82) is 0 Å². The summed E-state index contributed by atoms with van der Waals surface area (Å²) in [6, 6.07) is 5.13. The molecule has 1 fully saturated rings. The molecule has 6 nitrogen and oxygen atoms in total. The van der Waals surface area contributed by atoms with E-state index in [4.69, 9.17) is 0 Å². The minimum absolute atomic E-state index is 0.163. The fourth-order valence-corrected chi connectivity index (χ4v) is 3.36. The van der Waals surface area contributed by atoms with Gasteiger partial charge in [0, 0.05) is 24.8 Å². The maximum absolute atomic E-state index is 12.9. The van der Waals surface area contributed by atoms with Crippen molar-refractivity contribution >= 4 is 21.7 Å². The van der Waals surface area contributed by atoms with Crippen LogP contribution in [0.25, 0.3) is 0 Å². The lowest BCUT2D eigenvalue weighted by Gasteiger charge is -2.33. The van der Waals surface area contributed by atoms with Crippen molar-refractivity contribution in [1.82, 2.24) is 9.62 Å². The van der Waals surface area contributed by atoms with Crippen LogP contribution in [0.5, 0.6) is 0 Å². The molecule has 24 heavy (non-hydrogen) atoms. The Hall–Kier alpha value is -1.67. The summed E-state index contributed by atoms with van der Waals surface area (Å²) in [6.07, 6.45) is 1.12. The number of halogens is 1. The smallest absolute Gasteiger partial charge is 0.321 e. The van der Waals surface area contributed by atoms with Crippen LogP contribution in [0.15, 0.2) is 24.3 Å². The molecule has 134 valence electrons. The molecule has 1 aromatic rings. The number of piperidine rings is 1. The van der Waals surface area contributed by atoms with Crippen LogP contribution >= 0.6 is 0 Å². The Morgan fingerprint density at radius 2 is 1.71 bits per heavy atom. The molecule has 2 rings (SSSR count). The second-order valence-electron chi connectivity index (χ2n) is 6.93. The van der Waals surface area contributed by atoms with Gasteiger partial charge in [0.25, 0.3) is 0 Å². The monoisotopic (exact) mass is 357 g/mol. The maximum atomic E-state index is 12.9. The van der Waals surface area contributed by atoms with E-state index < -0.39 is 14.8 Å². The largest absolute Gasteiger partial charge is 0.324 e. The predicted octanol–water partition coefficient (Wildman–Crippen LogP) is 2.54. The summed E-state index contributed by atoms with van der Waals surface area (Å²) in [5.41, 5.74) is 0.525. The zero-order valence-electron chi connectivity index (χ0n) is 14.2. The molecule has 0 spiro atoms. The van der Waals surface area contributed by atoms with Crippen molar-refractivity contribution in [3.05, 3.63) is 30.1 Å². The zero-order valence-corrected chi connectivity index (χ0v) is 15.0. The summed E-state index contributed by atoms with van der Waals surface area (Å²) in [7, 11) is -3.39. The quantitative estimate of drug-likeness (QED) is 0.872. The minimum Gasteiger partial charge on any atom is -0.324 e. The molecule has 0 bridgehead atoms. The van der Waals surface area contributed by atoms with Crippen LogP contribution in [-0.4, -0.2) is 43.2 Å². The molecular formula is C16H24FN3O3S. The Bertz CT molecular complexity index is 676. The van der Waals surface area contributed by atoms with Gasteiger partial charge in [-0.25, -0.2) is 22.3 Å². The molecule has 0 atom stereocenters. The lowest BCUT2D eigenvalue weighted by atomic mass is 10.1. The molecule has 0 unspecified atom stereocenters. The van der Waals surface area contributed by atoms with Gasteiger partial charge in [0.1, 0.15) is 5.82 Å². The van der Waals surface area contributed by atoms with E-state index in [9.17, 15) is 17.6 Å². The molecule has 1 aromatic carbocycles. The Labute approximate surface area is 142 Å². The topological polar surface area (TPSA) is 78.5 Å². The first-order valence-corrected chi connectivity index (χ1v) is 9.40. The van der Waals surface area contributed by atoms with Gasteiger partial charge in [-0.1, -0.05) is 0 Å². The Balaban J connectivity index is 1.86. The molecule has 1 heterocycles. The number of nitrogens with zero attached hydrogens (tertiary/aromatic N) is 1. The molecule has 8 heteroatoms. The van der Waals surface area contributed by atoms with Crippen LogP contribution in [-0.2, 0) is 10.0 Å². The average molecular weight is 357 g/mol. The number of amides is 2. The second-order valence-corrected chi connectivity index (χ2v) is 9.40. The van der Waals surface area contributed by atoms with E-state index >= 15 is 0 Å². The first-order chi connectivity index (χ1) is 11.1. The molecule has 2 N–H and O–H groups in total. The first kappa shape index (κ1) is 18.7. The summed E-state index contributed by atoms with van der Waals surface area (Å²) < 4.78 is 39.1. The summed E-state index contributed by atoms with van der Waals surface area (Å²) in [6.45, 7) is 5.89. The van der Waals surface area contributed by atoms with E-state index in [-0.39, 0.29) is 17.9 Å². The van der Waals surface area contributed by atoms with Crippen LogP contribution in [0.4, 0.5) is 14.9 Å². The Kier molecular flexibility index (Phi) is 5.49. The number of anilines is 1. The second kappa shape index (κ2) is 7.06. The summed E-state index contributed by atoms with van der Waals surface area (Å²) in [5, 5.41) is 2.71. The fourth-order valence-electron chi connectivity index (χ4n) is 2.33. The third-order valence-electron chi connectivity index (χ3n) is 4.01. The van der Waals surface area contributed by atoms with E-state index in [1.807, 2.05) is 0 Å². The van der Waals surface area contributed by atoms with Gasteiger partial charge in [-0.3, -0.25) is 0 Å². The molecule has 0 aromatic heterocycles. The number of likely N-dealkylation sites (tertiary alicyclic amines) is 1. The van der Waals surface area contributed by atoms with Crippen LogP contribution in [0.1, 0.15) is 33.6 Å². The van der Waals surface area contributed by atoms with Gasteiger partial charge in [-0.2, -0.15) is 0 Å². The molecule has 1 saturated heterocycles. The van der Waals surface area contributed by atoms with Crippen molar-refractivity contribution in [3.63, 3.8) is 0 Å². The van der Waals surface area contributed by atoms with E-state index in [2.05, 4.69) is 10.0 Å². The number of hydrogen-bond donors (Lipinski definition) is 2. The number of urea groups is 1. The van der Waals surface area contributed by atoms with E-state index in [1.54, 1.807) is 25.7 Å². The molecule has 0 radical (unpaired) electrons. The highest BCUT2D eigenvalue weighted by molar-refractivity contribution is 7.90. The number of benzene rings is 1. The van der Waals surface area contributed by atoms with E-state index in [0.717, 1.165) is 0 Å². The van der Waals surface area contributed by atoms with Gasteiger partial charge in [0.05, 0.1) is 4.75 Å². The normalized spacial score (nSPS) is 16.9. The van der Waals surface area contributed by atoms with Gasteiger partial charge in [0.15, 0.2) is 0 Å². The highest BCUT2D eigenvalue weighted by Crippen LogP contribution is 2.18. The van der Waals surface area contributed by atoms with Gasteiger partial charge in [-0.05, 0) is 57.9 Å². The number of hydrogen-bond acceptors (Lipinski definition) is 3. The third kappa shape index (κ3) is 4.67. The van der Waals surface area contributed by atoms with Crippen molar-refractivity contribution in [3.8, 4) is 0 Å². The van der Waals surface area contributed by atoms with Crippen molar-refractivity contribution < 1.29 is 17.6 Å². The van der Waals surface area contributed by atoms with Crippen molar-refractivity contribution in [2.24, 2.45) is 0 Å². The standard InChI is InChI=1S/C16H24FN3O3S/c1-16(2,3)24(22,23)19-14-8-10-20(11-9-14)15(21)18-13-6-4-12(17)5-7-13/h4-7,14,19H,8-11H2,1-3H3,(H,18,21). The highest BCUT2D eigenvalue weighted by atomic mass is 32.2. The molecule has 0 aliphatic carbocycles. The van der Waals surface area contributed by atoms with Crippen LogP contribution in [0, 0.1) is 5.82 Å². The average Bonchev–Trinajstić information content (AvgIpc) is 2.49. The number of carbonyl (C=O) groups is 1. The maximum Gasteiger partial charge on any atom is 0.321 e. The molecule has 1 aliphatic rings. The summed E-state index contributed by atoms with van der Waals surface area (Å²) >= 11 is 0. The van der Waals surface area contributed by atoms with Gasteiger partial charge < -0.3 is 10.2 Å². The molecular weight excluding hydrogens is 333 g/mol. The SMILES string of the molecule is CC(C)(C)S(=O)(=O)NC1CCN(C(=O)Nc2ccc(F)cc2)CC1. The van der Waals surface area contributed by atoms with Crippen molar-refractivity contribution in [2.75, 3.05) is 18.4 Å². The molecule has 1 aliphatic heterocycles. The van der Waals surface area contributed by atoms with Crippen molar-refractivity contribution in [2.45, 2.75) is 44.4 Å². The van der Waals surface area contributed by atoms with Crippen LogP contribution < -0.4 is 10.0 Å². The number of rotatable bonds is 3. The lowest BCUT2D eigenvalue weighted by Crippen LogP contribution is -2.50. The lowest BCUT2D eigenvalue weighted by molar-refractivity contribution is 0.193. The predicted molar refractivity (Wildman–Crippen MR) is 91.8 cm³/mol. The highest BCUT2D eigenvalue weighted by Gasteiger charge is 2.33. The summed E-state index contributed by atoms with van der Waals surface area (Å²) in [4.78, 5) is 13.8. The minimum atomic E-state index is -3.39. The Morgan fingerprint density at radius 3 is 2.21 bits per heavy atom. The number of sulfonamides is 1. The molecule has 2 amide bonds. The van der Waals surface area contributed by atoms with E-state index in [1.165, 1.54) is 24.3 Å². The summed E-state index contributed by atoms with van der Waals surface area (Å²) in [5.74, 6) is -0.361. The Morgan fingerprint density at radius 1 is 1.17 bits per heavy atom.